The zero-order valence-electron chi connectivity index (χ0n) is 15.5. The number of hydrazine groups is 1. The lowest BCUT2D eigenvalue weighted by atomic mass is 10.1. The minimum absolute atomic E-state index is 0.192. The summed E-state index contributed by atoms with van der Waals surface area (Å²) in [6.45, 7) is 3.85. The van der Waals surface area contributed by atoms with Crippen molar-refractivity contribution in [3.63, 3.8) is 0 Å². The van der Waals surface area contributed by atoms with Gasteiger partial charge >= 0.3 is 0 Å². The standard InChI is InChI=1S/C20H20ClN5OS/c1-13-18(14(2)26(25-13)17-9-4-3-5-10-17)12-19(27)23-24-20(28)22-16-8-6-7-15(21)11-16/h3-11H,12H2,1-2H3,(H,23,27)(H2,22,24,28). The minimum atomic E-state index is -0.214. The molecule has 1 heterocycles. The van der Waals surface area contributed by atoms with Crippen molar-refractivity contribution < 1.29 is 4.79 Å². The number of rotatable bonds is 4. The average Bonchev–Trinajstić information content (AvgIpc) is 2.95. The number of thiocarbonyl (C=S) groups is 1. The number of hydrogen-bond acceptors (Lipinski definition) is 3. The molecule has 0 radical (unpaired) electrons. The molecule has 0 atom stereocenters. The van der Waals surface area contributed by atoms with Crippen molar-refractivity contribution in [1.82, 2.24) is 20.6 Å². The molecule has 2 aromatic carbocycles. The van der Waals surface area contributed by atoms with E-state index in [2.05, 4.69) is 21.3 Å². The Morgan fingerprint density at radius 2 is 1.86 bits per heavy atom. The molecule has 8 heteroatoms. The van der Waals surface area contributed by atoms with Crippen LogP contribution in [0, 0.1) is 13.8 Å². The first-order valence-electron chi connectivity index (χ1n) is 8.66. The van der Waals surface area contributed by atoms with Crippen molar-refractivity contribution in [2.75, 3.05) is 5.32 Å². The maximum absolute atomic E-state index is 12.4. The molecule has 1 aromatic heterocycles. The smallest absolute Gasteiger partial charge is 0.242 e. The van der Waals surface area contributed by atoms with E-state index in [0.717, 1.165) is 28.3 Å². The highest BCUT2D eigenvalue weighted by Gasteiger charge is 2.16. The molecule has 3 N–H and O–H groups in total. The largest absolute Gasteiger partial charge is 0.331 e. The summed E-state index contributed by atoms with van der Waals surface area (Å²) in [4.78, 5) is 12.4. The monoisotopic (exact) mass is 413 g/mol. The van der Waals surface area contributed by atoms with Gasteiger partial charge in [0.15, 0.2) is 5.11 Å². The van der Waals surface area contributed by atoms with Crippen LogP contribution in [0.1, 0.15) is 17.0 Å². The molecule has 28 heavy (non-hydrogen) atoms. The van der Waals surface area contributed by atoms with Crippen LogP contribution in [-0.4, -0.2) is 20.8 Å². The summed E-state index contributed by atoms with van der Waals surface area (Å²) in [5, 5.41) is 8.38. The number of benzene rings is 2. The summed E-state index contributed by atoms with van der Waals surface area (Å²) in [6, 6.07) is 17.0. The van der Waals surface area contributed by atoms with Gasteiger partial charge in [0.2, 0.25) is 5.91 Å². The Labute approximate surface area is 173 Å². The van der Waals surface area contributed by atoms with Gasteiger partial charge in [-0.15, -0.1) is 0 Å². The normalized spacial score (nSPS) is 10.4. The van der Waals surface area contributed by atoms with Crippen LogP contribution in [0.2, 0.25) is 5.02 Å². The Kier molecular flexibility index (Phi) is 6.28. The number of amides is 1. The Hall–Kier alpha value is -2.90. The summed E-state index contributed by atoms with van der Waals surface area (Å²) in [5.74, 6) is -0.214. The topological polar surface area (TPSA) is 71.0 Å². The predicted molar refractivity (Wildman–Crippen MR) is 116 cm³/mol. The van der Waals surface area contributed by atoms with Crippen LogP contribution < -0.4 is 16.2 Å². The van der Waals surface area contributed by atoms with Gasteiger partial charge in [0.25, 0.3) is 0 Å². The van der Waals surface area contributed by atoms with E-state index in [1.807, 2.05) is 61.0 Å². The van der Waals surface area contributed by atoms with Gasteiger partial charge in [0.1, 0.15) is 0 Å². The molecule has 0 aliphatic carbocycles. The number of hydrogen-bond donors (Lipinski definition) is 3. The fourth-order valence-electron chi connectivity index (χ4n) is 2.81. The minimum Gasteiger partial charge on any atom is -0.331 e. The lowest BCUT2D eigenvalue weighted by Gasteiger charge is -2.12. The number of anilines is 1. The molecule has 0 spiro atoms. The zero-order chi connectivity index (χ0) is 20.1. The van der Waals surface area contributed by atoms with Crippen molar-refractivity contribution in [2.24, 2.45) is 0 Å². The van der Waals surface area contributed by atoms with Crippen molar-refractivity contribution >= 4 is 40.5 Å². The summed E-state index contributed by atoms with van der Waals surface area (Å²) >= 11 is 11.1. The van der Waals surface area contributed by atoms with Crippen molar-refractivity contribution in [3.8, 4) is 5.69 Å². The number of aryl methyl sites for hydroxylation is 1. The van der Waals surface area contributed by atoms with Crippen LogP contribution in [0.15, 0.2) is 54.6 Å². The maximum Gasteiger partial charge on any atom is 0.242 e. The second-order valence-corrected chi connectivity index (χ2v) is 7.06. The first-order valence-corrected chi connectivity index (χ1v) is 9.44. The van der Waals surface area contributed by atoms with E-state index in [1.54, 1.807) is 12.1 Å². The first kappa shape index (κ1) is 19.9. The molecule has 1 amide bonds. The SMILES string of the molecule is Cc1nn(-c2ccccc2)c(C)c1CC(=O)NNC(=S)Nc1cccc(Cl)c1. The molecule has 0 saturated heterocycles. The number of carbonyl (C=O) groups excluding carboxylic acids is 1. The van der Waals surface area contributed by atoms with E-state index < -0.39 is 0 Å². The van der Waals surface area contributed by atoms with E-state index in [0.29, 0.717) is 5.02 Å². The third-order valence-corrected chi connectivity index (χ3v) is 4.62. The van der Waals surface area contributed by atoms with Gasteiger partial charge in [0, 0.05) is 22.0 Å². The number of nitrogens with one attached hydrogen (secondary N) is 3. The molecule has 3 rings (SSSR count). The fourth-order valence-corrected chi connectivity index (χ4v) is 3.17. The summed E-state index contributed by atoms with van der Waals surface area (Å²) in [6.07, 6.45) is 0.192. The molecule has 6 nitrogen and oxygen atoms in total. The molecule has 0 aliphatic heterocycles. The first-order chi connectivity index (χ1) is 13.4. The number of para-hydroxylation sites is 1. The van der Waals surface area contributed by atoms with E-state index >= 15 is 0 Å². The third-order valence-electron chi connectivity index (χ3n) is 4.18. The van der Waals surface area contributed by atoms with Crippen LogP contribution >= 0.6 is 23.8 Å². The quantitative estimate of drug-likeness (QED) is 0.449. The van der Waals surface area contributed by atoms with Crippen molar-refractivity contribution in [2.45, 2.75) is 20.3 Å². The van der Waals surface area contributed by atoms with Gasteiger partial charge in [-0.05, 0) is 56.4 Å². The highest BCUT2D eigenvalue weighted by molar-refractivity contribution is 7.80. The molecule has 0 saturated carbocycles. The zero-order valence-corrected chi connectivity index (χ0v) is 17.1. The van der Waals surface area contributed by atoms with Crippen LogP contribution in [0.25, 0.3) is 5.69 Å². The molecule has 0 fully saturated rings. The van der Waals surface area contributed by atoms with Crippen molar-refractivity contribution in [1.29, 1.82) is 0 Å². The number of nitrogens with zero attached hydrogens (tertiary/aromatic N) is 2. The maximum atomic E-state index is 12.4. The van der Waals surface area contributed by atoms with Crippen LogP contribution in [-0.2, 0) is 11.2 Å². The molecule has 144 valence electrons. The second kappa shape index (κ2) is 8.86. The van der Waals surface area contributed by atoms with Crippen molar-refractivity contribution in [3.05, 3.63) is 76.6 Å². The Morgan fingerprint density at radius 3 is 2.57 bits per heavy atom. The van der Waals surface area contributed by atoms with Gasteiger partial charge < -0.3 is 5.32 Å². The van der Waals surface area contributed by atoms with Gasteiger partial charge in [-0.1, -0.05) is 35.9 Å². The number of aromatic nitrogens is 2. The van der Waals surface area contributed by atoms with Gasteiger partial charge in [-0.2, -0.15) is 5.10 Å². The Bertz CT molecular complexity index is 1000. The molecular weight excluding hydrogens is 394 g/mol. The lowest BCUT2D eigenvalue weighted by Crippen LogP contribution is -2.44. The van der Waals surface area contributed by atoms with Gasteiger partial charge in [0.05, 0.1) is 17.8 Å². The highest BCUT2D eigenvalue weighted by atomic mass is 35.5. The average molecular weight is 414 g/mol. The predicted octanol–water partition coefficient (Wildman–Crippen LogP) is 3.70. The summed E-state index contributed by atoms with van der Waals surface area (Å²) < 4.78 is 1.84. The van der Waals surface area contributed by atoms with E-state index in [-0.39, 0.29) is 17.4 Å². The van der Waals surface area contributed by atoms with Crippen LogP contribution in [0.3, 0.4) is 0 Å². The Balaban J connectivity index is 1.59. The molecular formula is C20H20ClN5OS. The van der Waals surface area contributed by atoms with Crippen LogP contribution in [0.5, 0.6) is 0 Å². The van der Waals surface area contributed by atoms with E-state index in [1.165, 1.54) is 0 Å². The number of carbonyl (C=O) groups is 1. The van der Waals surface area contributed by atoms with E-state index in [9.17, 15) is 4.79 Å². The summed E-state index contributed by atoms with van der Waals surface area (Å²) in [5.41, 5.74) is 9.63. The van der Waals surface area contributed by atoms with Gasteiger partial charge in [-0.3, -0.25) is 15.6 Å². The molecule has 3 aromatic rings. The second-order valence-electron chi connectivity index (χ2n) is 6.21. The molecule has 0 aliphatic rings. The van der Waals surface area contributed by atoms with Crippen LogP contribution in [0.4, 0.5) is 5.69 Å². The number of halogens is 1. The fraction of sp³-hybridized carbons (Fsp3) is 0.150. The third kappa shape index (κ3) is 4.88. The van der Waals surface area contributed by atoms with E-state index in [4.69, 9.17) is 23.8 Å². The molecule has 0 unspecified atom stereocenters. The highest BCUT2D eigenvalue weighted by Crippen LogP contribution is 2.18. The lowest BCUT2D eigenvalue weighted by molar-refractivity contribution is -0.121. The summed E-state index contributed by atoms with van der Waals surface area (Å²) in [7, 11) is 0. The van der Waals surface area contributed by atoms with Gasteiger partial charge in [-0.25, -0.2) is 4.68 Å². The molecule has 0 bridgehead atoms. The Morgan fingerprint density at radius 1 is 1.11 bits per heavy atom.